The predicted octanol–water partition coefficient (Wildman–Crippen LogP) is 0.502. The monoisotopic (exact) mass is 284 g/mol. The molecule has 0 aromatic heterocycles. The summed E-state index contributed by atoms with van der Waals surface area (Å²) in [5.74, 6) is 0.594. The molecule has 1 aliphatic rings. The van der Waals surface area contributed by atoms with Gasteiger partial charge in [-0.05, 0) is 13.3 Å². The number of amides is 2. The molecule has 0 spiro atoms. The summed E-state index contributed by atoms with van der Waals surface area (Å²) in [6.07, 6.45) is 2.61. The Morgan fingerprint density at radius 2 is 1.95 bits per heavy atom. The van der Waals surface area contributed by atoms with Gasteiger partial charge < -0.3 is 15.5 Å². The number of quaternary nitrogens is 1. The number of piperazine rings is 1. The van der Waals surface area contributed by atoms with Crippen LogP contribution < -0.4 is 5.73 Å². The van der Waals surface area contributed by atoms with E-state index in [0.717, 1.165) is 12.8 Å². The maximum absolute atomic E-state index is 12.3. The number of carbonyl (C=O) groups is 2. The van der Waals surface area contributed by atoms with Crippen LogP contribution in [-0.2, 0) is 9.59 Å². The van der Waals surface area contributed by atoms with E-state index in [9.17, 15) is 9.59 Å². The predicted molar refractivity (Wildman–Crippen MR) is 78.8 cm³/mol. The molecule has 0 bridgehead atoms. The first-order valence-corrected chi connectivity index (χ1v) is 7.79. The van der Waals surface area contributed by atoms with Crippen LogP contribution in [0.1, 0.15) is 47.0 Å². The molecule has 0 aromatic rings. The highest BCUT2D eigenvalue weighted by Gasteiger charge is 2.33. The second kappa shape index (κ2) is 7.62. The largest absolute Gasteiger partial charge is 0.347 e. The van der Waals surface area contributed by atoms with Gasteiger partial charge in [0.2, 0.25) is 5.91 Å². The summed E-state index contributed by atoms with van der Waals surface area (Å²) in [5, 5.41) is 0. The fraction of sp³-hybridized carbons (Fsp3) is 0.867. The number of hydrogen-bond donors (Lipinski definition) is 1. The van der Waals surface area contributed by atoms with Gasteiger partial charge in [0, 0.05) is 38.0 Å². The number of carbonyl (C=O) groups excluding carboxylic acids is 2. The van der Waals surface area contributed by atoms with Gasteiger partial charge in [-0.3, -0.25) is 9.59 Å². The zero-order valence-electron chi connectivity index (χ0n) is 13.4. The molecule has 2 amide bonds. The number of hydrogen-bond acceptors (Lipinski definition) is 2. The Morgan fingerprint density at radius 3 is 2.45 bits per heavy atom. The van der Waals surface area contributed by atoms with E-state index in [0.29, 0.717) is 26.1 Å². The van der Waals surface area contributed by atoms with Gasteiger partial charge in [-0.25, -0.2) is 0 Å². The molecule has 1 aliphatic heterocycles. The molecule has 116 valence electrons. The Labute approximate surface area is 122 Å². The van der Waals surface area contributed by atoms with Crippen LogP contribution in [0.25, 0.3) is 0 Å². The van der Waals surface area contributed by atoms with Crippen molar-refractivity contribution in [3.05, 3.63) is 0 Å². The van der Waals surface area contributed by atoms with E-state index in [4.69, 9.17) is 0 Å². The normalized spacial score (nSPS) is 21.2. The summed E-state index contributed by atoms with van der Waals surface area (Å²) in [5.41, 5.74) is 3.96. The van der Waals surface area contributed by atoms with E-state index in [1.165, 1.54) is 0 Å². The lowest BCUT2D eigenvalue weighted by atomic mass is 10.0. The molecule has 20 heavy (non-hydrogen) atoms. The molecule has 2 atom stereocenters. The maximum Gasteiger partial charge on any atom is 0.281 e. The molecule has 0 radical (unpaired) electrons. The van der Waals surface area contributed by atoms with E-state index in [2.05, 4.69) is 12.7 Å². The first-order valence-electron chi connectivity index (χ1n) is 7.79. The van der Waals surface area contributed by atoms with Crippen LogP contribution in [0.5, 0.6) is 0 Å². The lowest BCUT2D eigenvalue weighted by Gasteiger charge is -2.40. The van der Waals surface area contributed by atoms with Crippen LogP contribution in [0.15, 0.2) is 0 Å². The highest BCUT2D eigenvalue weighted by molar-refractivity contribution is 5.81. The van der Waals surface area contributed by atoms with Gasteiger partial charge in [0.25, 0.3) is 5.91 Å². The first kappa shape index (κ1) is 17.0. The Balaban J connectivity index is 2.54. The van der Waals surface area contributed by atoms with Gasteiger partial charge >= 0.3 is 0 Å². The molecular weight excluding hydrogens is 254 g/mol. The molecule has 0 aromatic carbocycles. The van der Waals surface area contributed by atoms with Crippen LogP contribution >= 0.6 is 0 Å². The zero-order chi connectivity index (χ0) is 15.3. The van der Waals surface area contributed by atoms with Crippen LogP contribution in [-0.4, -0.2) is 53.3 Å². The van der Waals surface area contributed by atoms with Gasteiger partial charge in [-0.2, -0.15) is 0 Å². The lowest BCUT2D eigenvalue weighted by molar-refractivity contribution is -0.416. The highest BCUT2D eigenvalue weighted by atomic mass is 16.2. The topological polar surface area (TPSA) is 68.3 Å². The third-order valence-corrected chi connectivity index (χ3v) is 4.13. The maximum atomic E-state index is 12.3. The molecule has 0 aliphatic carbocycles. The van der Waals surface area contributed by atoms with Gasteiger partial charge in [-0.15, -0.1) is 0 Å². The SMILES string of the molecule is CCCCC(=O)N1CCN(C(=O)[C@H]([NH3+])C(C)C)C[C@H]1C. The molecule has 5 heteroatoms. The van der Waals surface area contributed by atoms with Gasteiger partial charge in [0.05, 0.1) is 0 Å². The van der Waals surface area contributed by atoms with E-state index < -0.39 is 0 Å². The number of nitrogens with zero attached hydrogens (tertiary/aromatic N) is 2. The minimum absolute atomic E-state index is 0.108. The summed E-state index contributed by atoms with van der Waals surface area (Å²) in [6.45, 7) is 10.1. The third kappa shape index (κ3) is 4.20. The molecule has 0 saturated carbocycles. The van der Waals surface area contributed by atoms with Crippen molar-refractivity contribution in [2.45, 2.75) is 59.0 Å². The van der Waals surface area contributed by atoms with E-state index >= 15 is 0 Å². The second-order valence-corrected chi connectivity index (χ2v) is 6.17. The van der Waals surface area contributed by atoms with Crippen molar-refractivity contribution in [2.75, 3.05) is 19.6 Å². The smallest absolute Gasteiger partial charge is 0.281 e. The zero-order valence-corrected chi connectivity index (χ0v) is 13.4. The average molecular weight is 284 g/mol. The van der Waals surface area contributed by atoms with Crippen molar-refractivity contribution >= 4 is 11.8 Å². The number of rotatable bonds is 5. The highest BCUT2D eigenvalue weighted by Crippen LogP contribution is 2.14. The Bertz CT molecular complexity index is 344. The summed E-state index contributed by atoms with van der Waals surface area (Å²) < 4.78 is 0. The van der Waals surface area contributed by atoms with Gasteiger partial charge in [-0.1, -0.05) is 27.2 Å². The minimum Gasteiger partial charge on any atom is -0.347 e. The molecule has 3 N–H and O–H groups in total. The molecule has 1 saturated heterocycles. The fourth-order valence-corrected chi connectivity index (χ4v) is 2.52. The van der Waals surface area contributed by atoms with Crippen LogP contribution in [0.4, 0.5) is 0 Å². The molecule has 1 fully saturated rings. The van der Waals surface area contributed by atoms with Gasteiger partial charge in [0.1, 0.15) is 0 Å². The molecular formula is C15H30N3O2+. The third-order valence-electron chi connectivity index (χ3n) is 4.13. The van der Waals surface area contributed by atoms with E-state index in [1.54, 1.807) is 0 Å². The Kier molecular flexibility index (Phi) is 6.46. The van der Waals surface area contributed by atoms with E-state index in [1.807, 2.05) is 30.6 Å². The van der Waals surface area contributed by atoms with Crippen molar-refractivity contribution in [3.63, 3.8) is 0 Å². The molecule has 1 rings (SSSR count). The molecule has 5 nitrogen and oxygen atoms in total. The minimum atomic E-state index is -0.190. The summed E-state index contributed by atoms with van der Waals surface area (Å²) in [7, 11) is 0. The Hall–Kier alpha value is -1.10. The summed E-state index contributed by atoms with van der Waals surface area (Å²) in [4.78, 5) is 28.2. The second-order valence-electron chi connectivity index (χ2n) is 6.17. The van der Waals surface area contributed by atoms with Crippen LogP contribution in [0.2, 0.25) is 0 Å². The van der Waals surface area contributed by atoms with E-state index in [-0.39, 0.29) is 29.8 Å². The first-order chi connectivity index (χ1) is 9.38. The molecule has 0 unspecified atom stereocenters. The van der Waals surface area contributed by atoms with Gasteiger partial charge in [0.15, 0.2) is 6.04 Å². The number of unbranched alkanes of at least 4 members (excludes halogenated alkanes) is 1. The average Bonchev–Trinajstić information content (AvgIpc) is 2.42. The lowest BCUT2D eigenvalue weighted by Crippen LogP contribution is -2.71. The van der Waals surface area contributed by atoms with Crippen molar-refractivity contribution < 1.29 is 15.3 Å². The summed E-state index contributed by atoms with van der Waals surface area (Å²) in [6, 6.07) is -0.0824. The molecule has 1 heterocycles. The standard InChI is InChI=1S/C15H29N3O2/c1-5-6-7-13(19)18-9-8-17(10-12(18)4)15(20)14(16)11(2)3/h11-12,14H,5-10,16H2,1-4H3/p+1/t12-,14-/m1/s1. The quantitative estimate of drug-likeness (QED) is 0.799. The van der Waals surface area contributed by atoms with Crippen molar-refractivity contribution in [1.82, 2.24) is 9.80 Å². The van der Waals surface area contributed by atoms with Crippen molar-refractivity contribution in [3.8, 4) is 0 Å². The summed E-state index contributed by atoms with van der Waals surface area (Å²) >= 11 is 0. The van der Waals surface area contributed by atoms with Crippen molar-refractivity contribution in [1.29, 1.82) is 0 Å². The Morgan fingerprint density at radius 1 is 1.30 bits per heavy atom. The van der Waals surface area contributed by atoms with Crippen molar-refractivity contribution in [2.24, 2.45) is 5.92 Å². The van der Waals surface area contributed by atoms with Crippen LogP contribution in [0, 0.1) is 5.92 Å². The van der Waals surface area contributed by atoms with Crippen LogP contribution in [0.3, 0.4) is 0 Å². The fourth-order valence-electron chi connectivity index (χ4n) is 2.52.